The number of rotatable bonds is 4. The van der Waals surface area contributed by atoms with Gasteiger partial charge < -0.3 is 0 Å². The number of nitrogens with two attached hydrogens (primary N) is 1. The highest BCUT2D eigenvalue weighted by Gasteiger charge is 2.16. The number of hydrazine groups is 1. The quantitative estimate of drug-likeness (QED) is 0.671. The van der Waals surface area contributed by atoms with Crippen LogP contribution in [0.2, 0.25) is 4.34 Å². The summed E-state index contributed by atoms with van der Waals surface area (Å²) in [5, 5.41) is 0. The zero-order valence-corrected chi connectivity index (χ0v) is 12.5. The number of benzene rings is 1. The van der Waals surface area contributed by atoms with Gasteiger partial charge in [-0.25, -0.2) is 13.8 Å². The molecule has 0 bridgehead atoms. The van der Waals surface area contributed by atoms with Crippen LogP contribution in [0, 0.1) is 0 Å². The van der Waals surface area contributed by atoms with Crippen LogP contribution in [0.4, 0.5) is 0 Å². The Morgan fingerprint density at radius 1 is 1.32 bits per heavy atom. The summed E-state index contributed by atoms with van der Waals surface area (Å²) < 4.78 is 23.8. The van der Waals surface area contributed by atoms with Gasteiger partial charge in [0.1, 0.15) is 0 Å². The molecule has 2 rings (SSSR count). The lowest BCUT2D eigenvalue weighted by Crippen LogP contribution is -2.28. The highest BCUT2D eigenvalue weighted by atomic mass is 35.5. The summed E-state index contributed by atoms with van der Waals surface area (Å²) in [6.45, 7) is 0. The van der Waals surface area contributed by atoms with Gasteiger partial charge in [0.05, 0.1) is 15.3 Å². The number of nitrogens with one attached hydrogen (secondary N) is 1. The number of thiophene rings is 1. The zero-order chi connectivity index (χ0) is 14.0. The molecule has 0 aliphatic heterocycles. The molecule has 0 radical (unpaired) electrons. The summed E-state index contributed by atoms with van der Waals surface area (Å²) in [5.41, 5.74) is 3.47. The van der Waals surface area contributed by atoms with Crippen LogP contribution in [0.1, 0.15) is 16.5 Å². The van der Waals surface area contributed by atoms with Crippen molar-refractivity contribution in [3.8, 4) is 0 Å². The normalized spacial score (nSPS) is 13.4. The monoisotopic (exact) mass is 316 g/mol. The van der Waals surface area contributed by atoms with Crippen LogP contribution in [0.3, 0.4) is 0 Å². The zero-order valence-electron chi connectivity index (χ0n) is 10.1. The van der Waals surface area contributed by atoms with Gasteiger partial charge in [-0.15, -0.1) is 11.3 Å². The van der Waals surface area contributed by atoms with Gasteiger partial charge in [0, 0.05) is 11.1 Å². The van der Waals surface area contributed by atoms with E-state index in [1.54, 1.807) is 24.3 Å². The molecule has 0 aliphatic rings. The fourth-order valence-electron chi connectivity index (χ4n) is 1.75. The maximum Gasteiger partial charge on any atom is 0.175 e. The van der Waals surface area contributed by atoms with Crippen molar-refractivity contribution in [1.29, 1.82) is 0 Å². The van der Waals surface area contributed by atoms with Crippen molar-refractivity contribution >= 4 is 32.8 Å². The summed E-state index contributed by atoms with van der Waals surface area (Å²) in [7, 11) is -3.24. The molecule has 0 saturated heterocycles. The Kier molecular flexibility index (Phi) is 4.27. The van der Waals surface area contributed by atoms with E-state index >= 15 is 0 Å². The minimum absolute atomic E-state index is 0.271. The van der Waals surface area contributed by atoms with Crippen molar-refractivity contribution in [1.82, 2.24) is 5.43 Å². The first-order valence-electron chi connectivity index (χ1n) is 5.43. The first-order valence-corrected chi connectivity index (χ1v) is 8.52. The second-order valence-corrected chi connectivity index (χ2v) is 7.85. The Bertz CT molecular complexity index is 683. The number of sulfone groups is 1. The van der Waals surface area contributed by atoms with Crippen molar-refractivity contribution in [2.24, 2.45) is 5.84 Å². The van der Waals surface area contributed by atoms with Crippen molar-refractivity contribution in [3.63, 3.8) is 0 Å². The standard InChI is InChI=1S/C12H13ClN2O2S2/c1-19(16,17)9-4-2-3-8(7-9)12(15-14)10-5-6-11(13)18-10/h2-7,12,15H,14H2,1H3. The van der Waals surface area contributed by atoms with E-state index in [1.807, 2.05) is 12.1 Å². The molecule has 0 amide bonds. The van der Waals surface area contributed by atoms with Gasteiger partial charge in [0.2, 0.25) is 0 Å². The van der Waals surface area contributed by atoms with Gasteiger partial charge in [-0.1, -0.05) is 23.7 Å². The Labute approximate surface area is 121 Å². The predicted molar refractivity (Wildman–Crippen MR) is 78.0 cm³/mol. The van der Waals surface area contributed by atoms with Gasteiger partial charge in [0.15, 0.2) is 9.84 Å². The molecule has 0 saturated carbocycles. The number of hydrogen-bond donors (Lipinski definition) is 2. The van der Waals surface area contributed by atoms with Crippen LogP contribution in [-0.4, -0.2) is 14.7 Å². The second kappa shape index (κ2) is 5.60. The Morgan fingerprint density at radius 3 is 2.58 bits per heavy atom. The smallest absolute Gasteiger partial charge is 0.175 e. The molecule has 1 aromatic carbocycles. The minimum Gasteiger partial charge on any atom is -0.271 e. The molecule has 0 aliphatic carbocycles. The van der Waals surface area contributed by atoms with Crippen LogP contribution in [0.5, 0.6) is 0 Å². The average Bonchev–Trinajstić information content (AvgIpc) is 2.76. The largest absolute Gasteiger partial charge is 0.271 e. The molecule has 0 spiro atoms. The van der Waals surface area contributed by atoms with Crippen LogP contribution in [0.15, 0.2) is 41.3 Å². The van der Waals surface area contributed by atoms with Crippen LogP contribution < -0.4 is 11.3 Å². The van der Waals surface area contributed by atoms with Gasteiger partial charge in [0.25, 0.3) is 0 Å². The van der Waals surface area contributed by atoms with Crippen molar-refractivity contribution in [3.05, 3.63) is 51.2 Å². The number of hydrogen-bond acceptors (Lipinski definition) is 5. The maximum atomic E-state index is 11.6. The molecular formula is C12H13ClN2O2S2. The summed E-state index contributed by atoms with van der Waals surface area (Å²) in [6.07, 6.45) is 1.18. The fourth-order valence-corrected chi connectivity index (χ4v) is 3.58. The molecule has 19 heavy (non-hydrogen) atoms. The molecule has 1 aromatic heterocycles. The highest BCUT2D eigenvalue weighted by molar-refractivity contribution is 7.90. The van der Waals surface area contributed by atoms with E-state index in [4.69, 9.17) is 17.4 Å². The first-order chi connectivity index (χ1) is 8.91. The van der Waals surface area contributed by atoms with Crippen LogP contribution in [-0.2, 0) is 9.84 Å². The Hall–Kier alpha value is -0.920. The molecule has 1 unspecified atom stereocenters. The lowest BCUT2D eigenvalue weighted by molar-refractivity contribution is 0.600. The molecule has 1 heterocycles. The van der Waals surface area contributed by atoms with Crippen LogP contribution in [0.25, 0.3) is 0 Å². The lowest BCUT2D eigenvalue weighted by Gasteiger charge is -2.15. The molecule has 3 N–H and O–H groups in total. The molecular weight excluding hydrogens is 304 g/mol. The number of halogens is 1. The molecule has 2 aromatic rings. The summed E-state index contributed by atoms with van der Waals surface area (Å²) in [5.74, 6) is 5.57. The highest BCUT2D eigenvalue weighted by Crippen LogP contribution is 2.31. The third-order valence-electron chi connectivity index (χ3n) is 2.66. The lowest BCUT2D eigenvalue weighted by atomic mass is 10.1. The van der Waals surface area contributed by atoms with Crippen LogP contribution >= 0.6 is 22.9 Å². The van der Waals surface area contributed by atoms with E-state index in [0.29, 0.717) is 4.34 Å². The SMILES string of the molecule is CS(=O)(=O)c1cccc(C(NN)c2ccc(Cl)s2)c1. The van der Waals surface area contributed by atoms with E-state index in [0.717, 1.165) is 10.4 Å². The van der Waals surface area contributed by atoms with E-state index in [9.17, 15) is 8.42 Å². The Morgan fingerprint density at radius 2 is 2.05 bits per heavy atom. The fraction of sp³-hybridized carbons (Fsp3) is 0.167. The van der Waals surface area contributed by atoms with Gasteiger partial charge in [-0.05, 0) is 29.8 Å². The average molecular weight is 317 g/mol. The third kappa shape index (κ3) is 3.34. The predicted octanol–water partition coefficient (Wildman–Crippen LogP) is 2.36. The van der Waals surface area contributed by atoms with Gasteiger partial charge >= 0.3 is 0 Å². The molecule has 4 nitrogen and oxygen atoms in total. The van der Waals surface area contributed by atoms with E-state index in [-0.39, 0.29) is 10.9 Å². The summed E-state index contributed by atoms with van der Waals surface area (Å²) in [4.78, 5) is 1.20. The second-order valence-electron chi connectivity index (χ2n) is 4.09. The van der Waals surface area contributed by atoms with E-state index in [2.05, 4.69) is 5.43 Å². The third-order valence-corrected chi connectivity index (χ3v) is 5.07. The Balaban J connectivity index is 2.45. The van der Waals surface area contributed by atoms with Crippen molar-refractivity contribution < 1.29 is 8.42 Å². The summed E-state index contributed by atoms with van der Waals surface area (Å²) in [6, 6.07) is 10.1. The molecule has 1 atom stereocenters. The molecule has 7 heteroatoms. The topological polar surface area (TPSA) is 72.2 Å². The maximum absolute atomic E-state index is 11.6. The van der Waals surface area contributed by atoms with Gasteiger partial charge in [-0.2, -0.15) is 0 Å². The van der Waals surface area contributed by atoms with Gasteiger partial charge in [-0.3, -0.25) is 5.84 Å². The molecule has 0 fully saturated rings. The van der Waals surface area contributed by atoms with Crippen molar-refractivity contribution in [2.75, 3.05) is 6.26 Å². The first kappa shape index (κ1) is 14.5. The van der Waals surface area contributed by atoms with Crippen molar-refractivity contribution in [2.45, 2.75) is 10.9 Å². The van der Waals surface area contributed by atoms with E-state index < -0.39 is 9.84 Å². The van der Waals surface area contributed by atoms with E-state index in [1.165, 1.54) is 17.6 Å². The minimum atomic E-state index is -3.24. The summed E-state index contributed by atoms with van der Waals surface area (Å²) >= 11 is 7.31. The molecule has 102 valence electrons.